The summed E-state index contributed by atoms with van der Waals surface area (Å²) in [6.45, 7) is 14.2. The lowest BCUT2D eigenvalue weighted by Gasteiger charge is -2.29. The molecular weight excluding hydrogens is 995 g/mol. The SMILES string of the molecule is CONC(=O)c1ccc(CN(CCCN2CCOCC2)C(=O)NC(C)c2cccc3cc(-c4ccc(NNC(=O)c5ccc(CN(CCCN6CCOCC6)C(=O)NC(C)c6cccc7ccccc67)cc5)cc4)ccc23)cc1. The van der Waals surface area contributed by atoms with Crippen LogP contribution in [0.15, 0.2) is 152 Å². The molecule has 2 saturated heterocycles. The first-order chi connectivity index (χ1) is 38.6. The first-order valence-corrected chi connectivity index (χ1v) is 27.5. The van der Waals surface area contributed by atoms with Crippen molar-refractivity contribution in [2.45, 2.75) is 51.9 Å². The molecule has 0 aliphatic carbocycles. The number of ether oxygens (including phenoxy) is 2. The Bertz CT molecular complexity index is 3140. The molecule has 16 heteroatoms. The minimum absolute atomic E-state index is 0.134. The molecule has 2 fully saturated rings. The van der Waals surface area contributed by atoms with Crippen molar-refractivity contribution in [2.24, 2.45) is 0 Å². The van der Waals surface area contributed by atoms with Crippen molar-refractivity contribution in [2.75, 3.05) is 91.3 Å². The van der Waals surface area contributed by atoms with Gasteiger partial charge in [0.2, 0.25) is 0 Å². The third-order valence-corrected chi connectivity index (χ3v) is 14.8. The van der Waals surface area contributed by atoms with Crippen molar-refractivity contribution < 1.29 is 33.5 Å². The highest BCUT2D eigenvalue weighted by Gasteiger charge is 2.22. The third-order valence-electron chi connectivity index (χ3n) is 14.8. The number of rotatable bonds is 22. The number of carbonyl (C=O) groups excluding carboxylic acids is 4. The standard InChI is InChI=1S/C63H73N9O7/c1-45(56-14-6-11-50-10-4-5-13-58(50)56)64-62(75)71(32-8-30-69-34-38-78-39-35-69)43-47-16-20-51(21-17-47)60(73)67-66-55-27-24-49(25-28-55)53-26-29-59-54(42-53)12-7-15-57(59)46(2)65-63(76)72(33-9-31-70-36-40-79-41-37-70)44-48-18-22-52(23-19-48)61(74)68-77-3/h4-7,10-29,42,45-46,66H,8-9,30-41,43-44H2,1-3H3,(H,64,75)(H,65,76)(H,67,73)(H,68,74). The van der Waals surface area contributed by atoms with Crippen LogP contribution in [-0.4, -0.2) is 129 Å². The molecule has 412 valence electrons. The van der Waals surface area contributed by atoms with Crippen LogP contribution in [0.1, 0.15) is 81.7 Å². The molecule has 79 heavy (non-hydrogen) atoms. The van der Waals surface area contributed by atoms with E-state index in [1.807, 2.05) is 96.4 Å². The quantitative estimate of drug-likeness (QED) is 0.0412. The second kappa shape index (κ2) is 27.6. The van der Waals surface area contributed by atoms with Crippen LogP contribution in [-0.2, 0) is 27.4 Å². The maximum Gasteiger partial charge on any atom is 0.318 e. The highest BCUT2D eigenvalue weighted by molar-refractivity contribution is 5.95. The van der Waals surface area contributed by atoms with Crippen LogP contribution in [0.4, 0.5) is 15.3 Å². The molecule has 7 aromatic carbocycles. The van der Waals surface area contributed by atoms with Gasteiger partial charge in [-0.05, 0) is 124 Å². The largest absolute Gasteiger partial charge is 0.379 e. The van der Waals surface area contributed by atoms with E-state index in [4.69, 9.17) is 14.3 Å². The van der Waals surface area contributed by atoms with E-state index in [9.17, 15) is 19.2 Å². The first-order valence-electron chi connectivity index (χ1n) is 27.5. The summed E-state index contributed by atoms with van der Waals surface area (Å²) in [5, 5.41) is 10.9. The summed E-state index contributed by atoms with van der Waals surface area (Å²) in [4.78, 5) is 67.0. The first kappa shape index (κ1) is 55.9. The molecule has 2 aliphatic rings. The van der Waals surface area contributed by atoms with E-state index < -0.39 is 0 Å². The number of urea groups is 2. The number of hydrogen-bond acceptors (Lipinski definition) is 10. The Morgan fingerprint density at radius 1 is 0.544 bits per heavy atom. The van der Waals surface area contributed by atoms with Gasteiger partial charge in [-0.15, -0.1) is 0 Å². The van der Waals surface area contributed by atoms with Gasteiger partial charge >= 0.3 is 12.1 Å². The predicted octanol–water partition coefficient (Wildman–Crippen LogP) is 9.70. The van der Waals surface area contributed by atoms with E-state index in [-0.39, 0.29) is 36.0 Å². The molecule has 0 radical (unpaired) electrons. The molecule has 2 heterocycles. The molecular formula is C63H73N9O7. The van der Waals surface area contributed by atoms with E-state index in [1.54, 1.807) is 24.3 Å². The number of hydrogen-bond donors (Lipinski definition) is 5. The van der Waals surface area contributed by atoms with E-state index >= 15 is 0 Å². The molecule has 0 aromatic heterocycles. The minimum atomic E-state index is -0.336. The normalized spacial score (nSPS) is 14.7. The number of carbonyl (C=O) groups is 4. The Hall–Kier alpha value is -7.86. The fraction of sp³-hybridized carbons (Fsp3) is 0.333. The van der Waals surface area contributed by atoms with Crippen molar-refractivity contribution in [3.05, 3.63) is 185 Å². The van der Waals surface area contributed by atoms with Crippen LogP contribution < -0.4 is 27.0 Å². The molecule has 0 bridgehead atoms. The summed E-state index contributed by atoms with van der Waals surface area (Å²) < 4.78 is 11.1. The topological polar surface area (TPSA) is 169 Å². The molecule has 6 amide bonds. The second-order valence-corrected chi connectivity index (χ2v) is 20.3. The van der Waals surface area contributed by atoms with E-state index in [1.165, 1.54) is 7.11 Å². The van der Waals surface area contributed by atoms with E-state index in [0.717, 1.165) is 139 Å². The van der Waals surface area contributed by atoms with Gasteiger partial charge in [0.05, 0.1) is 51.3 Å². The van der Waals surface area contributed by atoms with Crippen molar-refractivity contribution in [3.8, 4) is 11.1 Å². The lowest BCUT2D eigenvalue weighted by molar-refractivity contribution is 0.0364. The average Bonchev–Trinajstić information content (AvgIpc) is 3.50. The van der Waals surface area contributed by atoms with Crippen LogP contribution in [0.3, 0.4) is 0 Å². The van der Waals surface area contributed by atoms with Gasteiger partial charge < -0.3 is 29.9 Å². The van der Waals surface area contributed by atoms with Crippen LogP contribution >= 0.6 is 0 Å². The zero-order valence-electron chi connectivity index (χ0n) is 45.5. The van der Waals surface area contributed by atoms with Gasteiger partial charge in [0.1, 0.15) is 0 Å². The number of hydroxylamine groups is 1. The number of hydrazine groups is 1. The van der Waals surface area contributed by atoms with Gasteiger partial charge in [-0.1, -0.05) is 109 Å². The fourth-order valence-corrected chi connectivity index (χ4v) is 10.4. The number of morpholine rings is 2. The van der Waals surface area contributed by atoms with Crippen molar-refractivity contribution in [3.63, 3.8) is 0 Å². The van der Waals surface area contributed by atoms with Gasteiger partial charge in [0.15, 0.2) is 0 Å². The Morgan fingerprint density at radius 2 is 1.03 bits per heavy atom. The molecule has 7 aromatic rings. The second-order valence-electron chi connectivity index (χ2n) is 20.3. The lowest BCUT2D eigenvalue weighted by atomic mass is 9.96. The molecule has 0 spiro atoms. The Labute approximate surface area is 463 Å². The van der Waals surface area contributed by atoms with Crippen molar-refractivity contribution in [1.29, 1.82) is 0 Å². The average molecular weight is 1070 g/mol. The molecule has 2 unspecified atom stereocenters. The van der Waals surface area contributed by atoms with Crippen LogP contribution in [0, 0.1) is 0 Å². The predicted molar refractivity (Wildman–Crippen MR) is 310 cm³/mol. The summed E-state index contributed by atoms with van der Waals surface area (Å²) in [7, 11) is 1.40. The lowest BCUT2D eigenvalue weighted by Crippen LogP contribution is -2.43. The smallest absolute Gasteiger partial charge is 0.318 e. The zero-order chi connectivity index (χ0) is 54.9. The van der Waals surface area contributed by atoms with Gasteiger partial charge in [0.25, 0.3) is 11.8 Å². The van der Waals surface area contributed by atoms with Crippen LogP contribution in [0.25, 0.3) is 32.7 Å². The number of amides is 6. The number of anilines is 1. The van der Waals surface area contributed by atoms with Gasteiger partial charge in [0, 0.05) is 76.6 Å². The molecule has 2 aliphatic heterocycles. The number of nitrogens with one attached hydrogen (secondary N) is 5. The highest BCUT2D eigenvalue weighted by Crippen LogP contribution is 2.31. The summed E-state index contributed by atoms with van der Waals surface area (Å²) in [5.41, 5.74) is 15.9. The summed E-state index contributed by atoms with van der Waals surface area (Å²) in [5.74, 6) is -0.621. The number of benzene rings is 7. The molecule has 5 N–H and O–H groups in total. The minimum Gasteiger partial charge on any atom is -0.379 e. The fourth-order valence-electron chi connectivity index (χ4n) is 10.4. The van der Waals surface area contributed by atoms with Crippen LogP contribution in [0.2, 0.25) is 0 Å². The summed E-state index contributed by atoms with van der Waals surface area (Å²) in [6.07, 6.45) is 1.63. The Balaban J connectivity index is 0.792. The van der Waals surface area contributed by atoms with Crippen LogP contribution in [0.5, 0.6) is 0 Å². The molecule has 16 nitrogen and oxygen atoms in total. The third kappa shape index (κ3) is 15.2. The highest BCUT2D eigenvalue weighted by atomic mass is 16.6. The van der Waals surface area contributed by atoms with Crippen molar-refractivity contribution >= 4 is 51.1 Å². The molecule has 9 rings (SSSR count). The van der Waals surface area contributed by atoms with E-state index in [0.29, 0.717) is 37.3 Å². The summed E-state index contributed by atoms with van der Waals surface area (Å²) >= 11 is 0. The Morgan fingerprint density at radius 3 is 1.57 bits per heavy atom. The molecule has 2 atom stereocenters. The molecule has 0 saturated carbocycles. The van der Waals surface area contributed by atoms with Gasteiger partial charge in [-0.25, -0.2) is 15.1 Å². The van der Waals surface area contributed by atoms with E-state index in [2.05, 4.69) is 91.4 Å². The maximum absolute atomic E-state index is 14.1. The summed E-state index contributed by atoms with van der Waals surface area (Å²) in [6, 6.07) is 48.6. The van der Waals surface area contributed by atoms with Gasteiger partial charge in [-0.2, -0.15) is 0 Å². The zero-order valence-corrected chi connectivity index (χ0v) is 45.5. The number of nitrogens with zero attached hydrogens (tertiary/aromatic N) is 4. The number of fused-ring (bicyclic) bond motifs is 2. The maximum atomic E-state index is 14.1. The van der Waals surface area contributed by atoms with Gasteiger partial charge in [-0.3, -0.25) is 35.1 Å². The van der Waals surface area contributed by atoms with Crippen molar-refractivity contribution in [1.82, 2.24) is 41.1 Å². The monoisotopic (exact) mass is 1070 g/mol. The Kier molecular flexibility index (Phi) is 19.6.